The Morgan fingerprint density at radius 2 is 1.65 bits per heavy atom. The monoisotopic (exact) mass is 498 g/mol. The number of carbonyl (C=O) groups is 1. The normalized spacial score (nSPS) is 17.7. The highest BCUT2D eigenvalue weighted by molar-refractivity contribution is 6.01. The maximum Gasteiger partial charge on any atom is 0.254 e. The molecule has 5 nitrogen and oxygen atoms in total. The topological polar surface area (TPSA) is 31.7 Å². The van der Waals surface area contributed by atoms with E-state index in [4.69, 9.17) is 0 Å². The van der Waals surface area contributed by atoms with Crippen molar-refractivity contribution in [3.63, 3.8) is 0 Å². The van der Waals surface area contributed by atoms with Crippen LogP contribution in [-0.4, -0.2) is 77.0 Å². The molecule has 2 aliphatic heterocycles. The molecule has 0 saturated carbocycles. The summed E-state index contributed by atoms with van der Waals surface area (Å²) in [4.78, 5) is 20.5. The summed E-state index contributed by atoms with van der Waals surface area (Å²) in [6.07, 6.45) is 5.75. The molecular weight excluding hydrogens is 456 g/mol. The fraction of sp³-hybridized carbons (Fsp3) is 0.469. The van der Waals surface area contributed by atoms with Gasteiger partial charge in [0.15, 0.2) is 0 Å². The summed E-state index contributed by atoms with van der Waals surface area (Å²) in [7, 11) is 0. The van der Waals surface area contributed by atoms with Crippen LogP contribution in [-0.2, 0) is 0 Å². The van der Waals surface area contributed by atoms with Gasteiger partial charge in [0.2, 0.25) is 0 Å². The summed E-state index contributed by atoms with van der Waals surface area (Å²) in [5, 5.41) is 1.23. The van der Waals surface area contributed by atoms with E-state index in [0.29, 0.717) is 12.0 Å². The van der Waals surface area contributed by atoms with Crippen LogP contribution >= 0.6 is 0 Å². The number of hydrogen-bond acceptors (Lipinski definition) is 3. The molecular formula is C32H42N4O. The molecule has 1 saturated heterocycles. The summed E-state index contributed by atoms with van der Waals surface area (Å²) in [6.45, 7) is 17.9. The largest absolute Gasteiger partial charge is 0.336 e. The van der Waals surface area contributed by atoms with Crippen molar-refractivity contribution in [1.82, 2.24) is 19.3 Å². The fourth-order valence-corrected chi connectivity index (χ4v) is 5.80. The van der Waals surface area contributed by atoms with Crippen LogP contribution in [0.15, 0.2) is 54.7 Å². The third kappa shape index (κ3) is 5.53. The lowest BCUT2D eigenvalue weighted by molar-refractivity contribution is 0.0595. The van der Waals surface area contributed by atoms with E-state index < -0.39 is 0 Å². The molecule has 196 valence electrons. The Bertz CT molecular complexity index is 1280. The molecule has 2 aliphatic rings. The quantitative estimate of drug-likeness (QED) is 0.427. The third-order valence-corrected chi connectivity index (χ3v) is 7.96. The number of amides is 1. The van der Waals surface area contributed by atoms with Gasteiger partial charge >= 0.3 is 0 Å². The van der Waals surface area contributed by atoms with Crippen molar-refractivity contribution in [2.45, 2.75) is 47.1 Å². The second-order valence-electron chi connectivity index (χ2n) is 11.5. The summed E-state index contributed by atoms with van der Waals surface area (Å²) in [5.41, 5.74) is 6.98. The summed E-state index contributed by atoms with van der Waals surface area (Å²) in [5.74, 6) is 0.826. The molecule has 0 radical (unpaired) electrons. The highest BCUT2D eigenvalue weighted by atomic mass is 16.2. The van der Waals surface area contributed by atoms with Gasteiger partial charge in [-0.3, -0.25) is 14.6 Å². The second-order valence-corrected chi connectivity index (χ2v) is 11.5. The molecule has 1 amide bonds. The lowest BCUT2D eigenvalue weighted by atomic mass is 9.97. The number of nitrogens with zero attached hydrogens (tertiary/aromatic N) is 4. The SMILES string of the molecule is Cc1ccc(-n2cc(C3=CCN(CC(C)C)CC3)c3ccc(C(=O)N4CCN(C(C)C)CC4)cc32)cc1. The van der Waals surface area contributed by atoms with Crippen molar-refractivity contribution >= 4 is 22.4 Å². The number of hydrogen-bond donors (Lipinski definition) is 0. The van der Waals surface area contributed by atoms with Gasteiger partial charge in [0.1, 0.15) is 0 Å². The van der Waals surface area contributed by atoms with Gasteiger partial charge in [-0.1, -0.05) is 43.7 Å². The van der Waals surface area contributed by atoms with Crippen LogP contribution < -0.4 is 0 Å². The average molecular weight is 499 g/mol. The fourth-order valence-electron chi connectivity index (χ4n) is 5.80. The van der Waals surface area contributed by atoms with Gasteiger partial charge in [0.25, 0.3) is 5.91 Å². The standard InChI is InChI=1S/C32H42N4O/c1-23(2)21-33-14-12-26(13-15-33)30-22-36(28-9-6-25(5)7-10-28)31-20-27(8-11-29(30)31)32(37)35-18-16-34(17-19-35)24(3)4/h6-12,20,22-24H,13-19,21H2,1-5H3. The molecule has 0 aliphatic carbocycles. The van der Waals surface area contributed by atoms with E-state index in [0.717, 1.165) is 69.0 Å². The number of rotatable bonds is 6. The van der Waals surface area contributed by atoms with E-state index in [-0.39, 0.29) is 5.91 Å². The maximum atomic E-state index is 13.5. The smallest absolute Gasteiger partial charge is 0.254 e. The van der Waals surface area contributed by atoms with Crippen molar-refractivity contribution in [2.24, 2.45) is 5.92 Å². The summed E-state index contributed by atoms with van der Waals surface area (Å²) >= 11 is 0. The first-order valence-corrected chi connectivity index (χ1v) is 14.0. The molecule has 5 heteroatoms. The molecule has 2 aromatic carbocycles. The van der Waals surface area contributed by atoms with Gasteiger partial charge in [-0.25, -0.2) is 0 Å². The van der Waals surface area contributed by atoms with Gasteiger partial charge in [0, 0.05) is 80.3 Å². The Kier molecular flexibility index (Phi) is 7.55. The van der Waals surface area contributed by atoms with Crippen molar-refractivity contribution < 1.29 is 4.79 Å². The first kappa shape index (κ1) is 25.7. The predicted octanol–water partition coefficient (Wildman–Crippen LogP) is 5.85. The van der Waals surface area contributed by atoms with Crippen LogP contribution in [0.2, 0.25) is 0 Å². The van der Waals surface area contributed by atoms with Gasteiger partial charge in [-0.2, -0.15) is 0 Å². The van der Waals surface area contributed by atoms with Crippen molar-refractivity contribution in [1.29, 1.82) is 0 Å². The minimum Gasteiger partial charge on any atom is -0.336 e. The molecule has 37 heavy (non-hydrogen) atoms. The van der Waals surface area contributed by atoms with E-state index in [1.807, 2.05) is 11.0 Å². The molecule has 3 heterocycles. The van der Waals surface area contributed by atoms with Crippen molar-refractivity contribution in [2.75, 3.05) is 45.8 Å². The van der Waals surface area contributed by atoms with Crippen LogP contribution in [0.5, 0.6) is 0 Å². The molecule has 3 aromatic rings. The van der Waals surface area contributed by atoms with Gasteiger partial charge < -0.3 is 9.47 Å². The maximum absolute atomic E-state index is 13.5. The highest BCUT2D eigenvalue weighted by Crippen LogP contribution is 2.34. The molecule has 1 fully saturated rings. The molecule has 1 aromatic heterocycles. The number of piperazine rings is 1. The average Bonchev–Trinajstić information content (AvgIpc) is 3.28. The van der Waals surface area contributed by atoms with Crippen LogP contribution in [0.3, 0.4) is 0 Å². The van der Waals surface area contributed by atoms with E-state index >= 15 is 0 Å². The Hall–Kier alpha value is -2.89. The van der Waals surface area contributed by atoms with Gasteiger partial charge in [-0.15, -0.1) is 0 Å². The van der Waals surface area contributed by atoms with Crippen LogP contribution in [0, 0.1) is 12.8 Å². The zero-order chi connectivity index (χ0) is 26.1. The highest BCUT2D eigenvalue weighted by Gasteiger charge is 2.25. The molecule has 0 unspecified atom stereocenters. The number of benzene rings is 2. The van der Waals surface area contributed by atoms with Crippen LogP contribution in [0.25, 0.3) is 22.2 Å². The number of aromatic nitrogens is 1. The number of carbonyl (C=O) groups excluding carboxylic acids is 1. The minimum atomic E-state index is 0.143. The molecule has 0 bridgehead atoms. The lowest BCUT2D eigenvalue weighted by Gasteiger charge is -2.37. The first-order chi connectivity index (χ1) is 17.8. The van der Waals surface area contributed by atoms with Crippen molar-refractivity contribution in [3.8, 4) is 5.69 Å². The Morgan fingerprint density at radius 1 is 0.919 bits per heavy atom. The predicted molar refractivity (Wildman–Crippen MR) is 154 cm³/mol. The molecule has 5 rings (SSSR count). The third-order valence-electron chi connectivity index (χ3n) is 7.96. The van der Waals surface area contributed by atoms with E-state index in [1.165, 1.54) is 22.1 Å². The number of fused-ring (bicyclic) bond motifs is 1. The number of aryl methyl sites for hydroxylation is 1. The van der Waals surface area contributed by atoms with Gasteiger partial charge in [0.05, 0.1) is 5.52 Å². The van der Waals surface area contributed by atoms with E-state index in [9.17, 15) is 4.79 Å². The first-order valence-electron chi connectivity index (χ1n) is 14.0. The lowest BCUT2D eigenvalue weighted by Crippen LogP contribution is -2.50. The second kappa shape index (κ2) is 10.8. The Morgan fingerprint density at radius 3 is 2.27 bits per heavy atom. The molecule has 0 atom stereocenters. The summed E-state index contributed by atoms with van der Waals surface area (Å²) < 4.78 is 2.28. The van der Waals surface area contributed by atoms with Gasteiger partial charge in [-0.05, 0) is 62.9 Å². The zero-order valence-electron chi connectivity index (χ0n) is 23.2. The molecule has 0 spiro atoms. The zero-order valence-corrected chi connectivity index (χ0v) is 23.2. The minimum absolute atomic E-state index is 0.143. The van der Waals surface area contributed by atoms with Crippen LogP contribution in [0.4, 0.5) is 0 Å². The van der Waals surface area contributed by atoms with E-state index in [2.05, 4.69) is 97.7 Å². The molecule has 0 N–H and O–H groups in total. The van der Waals surface area contributed by atoms with Crippen molar-refractivity contribution in [3.05, 3.63) is 71.4 Å². The van der Waals surface area contributed by atoms with Crippen LogP contribution in [0.1, 0.15) is 55.6 Å². The summed E-state index contributed by atoms with van der Waals surface area (Å²) in [6, 6.07) is 15.5. The van der Waals surface area contributed by atoms with E-state index in [1.54, 1.807) is 0 Å². The Balaban J connectivity index is 1.49. The Labute approximate surface area is 222 Å².